The molecule has 2 aromatic rings. The number of aliphatic hydroxyl groups is 1. The van der Waals surface area contributed by atoms with E-state index in [1.165, 1.54) is 5.57 Å². The van der Waals surface area contributed by atoms with Gasteiger partial charge in [-0.1, -0.05) is 66.7 Å². The van der Waals surface area contributed by atoms with Gasteiger partial charge in [-0.15, -0.1) is 0 Å². The summed E-state index contributed by atoms with van der Waals surface area (Å²) < 4.78 is 0. The van der Waals surface area contributed by atoms with Gasteiger partial charge in [0.05, 0.1) is 28.9 Å². The Balaban J connectivity index is 1.28. The van der Waals surface area contributed by atoms with Gasteiger partial charge in [0.15, 0.2) is 5.78 Å². The molecule has 4 saturated carbocycles. The van der Waals surface area contributed by atoms with Crippen LogP contribution in [0.25, 0.3) is 10.9 Å². The number of amides is 1. The molecule has 5 nitrogen and oxygen atoms in total. The summed E-state index contributed by atoms with van der Waals surface area (Å²) in [4.78, 5) is 33.1. The molecule has 0 radical (unpaired) electrons. The lowest BCUT2D eigenvalue weighted by Crippen LogP contribution is -2.66. The zero-order chi connectivity index (χ0) is 31.4. The molecule has 1 aromatic heterocycles. The summed E-state index contributed by atoms with van der Waals surface area (Å²) in [5.74, 6) is 1.56. The lowest BCUT2D eigenvalue weighted by molar-refractivity contribution is -0.228. The minimum absolute atomic E-state index is 0.0124. The molecular formula is C39H52N2O3. The van der Waals surface area contributed by atoms with Crippen molar-refractivity contribution in [1.82, 2.24) is 4.98 Å². The molecule has 0 saturated heterocycles. The third-order valence-electron chi connectivity index (χ3n) is 14.7. The number of para-hydroxylation sites is 1. The maximum Gasteiger partial charge on any atom is 0.235 e. The molecule has 0 bridgehead atoms. The first-order valence-electron chi connectivity index (χ1n) is 17.3. The second kappa shape index (κ2) is 9.74. The van der Waals surface area contributed by atoms with Crippen molar-refractivity contribution in [1.29, 1.82) is 0 Å². The van der Waals surface area contributed by atoms with Crippen molar-refractivity contribution in [2.24, 2.45) is 50.7 Å². The van der Waals surface area contributed by atoms with Gasteiger partial charge in [0.25, 0.3) is 0 Å². The number of carbonyl (C=O) groups excluding carboxylic acids is 2. The molecule has 1 aromatic carbocycles. The van der Waals surface area contributed by atoms with Crippen molar-refractivity contribution < 1.29 is 14.7 Å². The number of Topliss-reactive ketones (excluding diaryl/α,β-unsaturated/α-hetero) is 1. The van der Waals surface area contributed by atoms with Crippen molar-refractivity contribution in [2.45, 2.75) is 112 Å². The Bertz CT molecular complexity index is 1570. The fourth-order valence-electron chi connectivity index (χ4n) is 12.3. The van der Waals surface area contributed by atoms with Crippen LogP contribution in [0.4, 0.5) is 5.69 Å². The number of hydrogen-bond donors (Lipinski definition) is 2. The molecule has 44 heavy (non-hydrogen) atoms. The van der Waals surface area contributed by atoms with Gasteiger partial charge in [-0.05, 0) is 120 Å². The quantitative estimate of drug-likeness (QED) is 0.372. The molecular weight excluding hydrogens is 544 g/mol. The topological polar surface area (TPSA) is 79.3 Å². The van der Waals surface area contributed by atoms with Crippen LogP contribution in [-0.4, -0.2) is 27.9 Å². The van der Waals surface area contributed by atoms with Crippen molar-refractivity contribution in [2.75, 3.05) is 5.32 Å². The highest BCUT2D eigenvalue weighted by Gasteiger charge is 2.70. The molecule has 4 fully saturated rings. The number of benzene rings is 1. The zero-order valence-electron chi connectivity index (χ0n) is 27.9. The number of aliphatic hydroxyl groups excluding tert-OH is 1. The molecule has 1 heterocycles. The average molecular weight is 597 g/mol. The van der Waals surface area contributed by atoms with E-state index in [4.69, 9.17) is 0 Å². The van der Waals surface area contributed by atoms with Crippen molar-refractivity contribution in [3.8, 4) is 0 Å². The number of anilines is 1. The number of ketones is 1. The van der Waals surface area contributed by atoms with Gasteiger partial charge in [-0.25, -0.2) is 0 Å². The van der Waals surface area contributed by atoms with Crippen molar-refractivity contribution >= 4 is 28.3 Å². The first-order valence-corrected chi connectivity index (χ1v) is 17.3. The first-order chi connectivity index (χ1) is 20.7. The summed E-state index contributed by atoms with van der Waals surface area (Å²) in [7, 11) is 0. The largest absolute Gasteiger partial charge is 0.393 e. The number of rotatable bonds is 3. The van der Waals surface area contributed by atoms with Crippen LogP contribution in [0.1, 0.15) is 106 Å². The zero-order valence-corrected chi connectivity index (χ0v) is 27.9. The van der Waals surface area contributed by atoms with Gasteiger partial charge in [0, 0.05) is 11.8 Å². The summed E-state index contributed by atoms with van der Waals surface area (Å²) >= 11 is 0. The SMILES string of the molecule is CC(C)C1=C2[C@H]3CC[C@@H]4[C@@]5(C)CC[C@H](O)C(C)(C)[C@@H]5CC[C@@]4(C)[C@]3(C)CC[C@@]2(C(=O)Nc2cnc3ccccc3c2)CC1=O. The van der Waals surface area contributed by atoms with E-state index < -0.39 is 5.41 Å². The fraction of sp³-hybridized carbons (Fsp3) is 0.667. The van der Waals surface area contributed by atoms with Crippen LogP contribution in [0, 0.1) is 50.7 Å². The van der Waals surface area contributed by atoms with E-state index in [2.05, 4.69) is 58.8 Å². The third-order valence-corrected chi connectivity index (χ3v) is 14.7. The van der Waals surface area contributed by atoms with Crippen LogP contribution in [0.5, 0.6) is 0 Å². The number of carbonyl (C=O) groups is 2. The highest BCUT2D eigenvalue weighted by atomic mass is 16.3. The number of nitrogens with one attached hydrogen (secondary N) is 1. The van der Waals surface area contributed by atoms with Gasteiger partial charge < -0.3 is 10.4 Å². The van der Waals surface area contributed by atoms with Crippen LogP contribution in [0.2, 0.25) is 0 Å². The predicted molar refractivity (Wildman–Crippen MR) is 176 cm³/mol. The molecule has 5 aliphatic rings. The van der Waals surface area contributed by atoms with Gasteiger partial charge in [-0.2, -0.15) is 0 Å². The molecule has 5 aliphatic carbocycles. The highest BCUT2D eigenvalue weighted by molar-refractivity contribution is 6.10. The van der Waals surface area contributed by atoms with Crippen molar-refractivity contribution in [3.05, 3.63) is 47.7 Å². The van der Waals surface area contributed by atoms with Crippen LogP contribution in [0.15, 0.2) is 47.7 Å². The third kappa shape index (κ3) is 3.83. The monoisotopic (exact) mass is 596 g/mol. The normalized spacial score (nSPS) is 41.2. The maximum absolute atomic E-state index is 14.6. The number of aromatic nitrogens is 1. The summed E-state index contributed by atoms with van der Waals surface area (Å²) in [5.41, 5.74) is 3.19. The fourth-order valence-corrected chi connectivity index (χ4v) is 12.3. The van der Waals surface area contributed by atoms with Gasteiger partial charge in [0.1, 0.15) is 0 Å². The molecule has 7 rings (SSSR count). The maximum atomic E-state index is 14.6. The summed E-state index contributed by atoms with van der Waals surface area (Å²) in [6.45, 7) is 16.5. The Labute approximate surface area is 263 Å². The minimum Gasteiger partial charge on any atom is -0.393 e. The number of allylic oxidation sites excluding steroid dienone is 1. The molecule has 8 atom stereocenters. The van der Waals surface area contributed by atoms with E-state index in [-0.39, 0.29) is 51.3 Å². The Morgan fingerprint density at radius 3 is 2.43 bits per heavy atom. The second-order valence-electron chi connectivity index (χ2n) is 17.0. The van der Waals surface area contributed by atoms with Gasteiger partial charge in [-0.3, -0.25) is 14.6 Å². The lowest BCUT2D eigenvalue weighted by atomic mass is 9.33. The highest BCUT2D eigenvalue weighted by Crippen LogP contribution is 2.76. The average Bonchev–Trinajstić information content (AvgIpc) is 3.29. The van der Waals surface area contributed by atoms with Gasteiger partial charge in [0.2, 0.25) is 5.91 Å². The number of fused-ring (bicyclic) bond motifs is 8. The standard InChI is InChI=1S/C39H52N2O3/c1-23(2)32-28(42)21-39(34(44)41-25-20-24-10-8-9-11-27(24)40-22-25)19-18-37(6)26(33(32)39)12-13-30-36(5)16-15-31(43)35(3,4)29(36)14-17-38(30,37)7/h8-11,20,22-23,26,29-31,43H,12-19,21H2,1-7H3,(H,41,44)/t26-,29+,30-,31+,36+,37-,38-,39-/m1/s1. The second-order valence-corrected chi connectivity index (χ2v) is 17.0. The smallest absolute Gasteiger partial charge is 0.235 e. The molecule has 5 heteroatoms. The Morgan fingerprint density at radius 2 is 1.68 bits per heavy atom. The van der Waals surface area contributed by atoms with E-state index >= 15 is 0 Å². The van der Waals surface area contributed by atoms with Gasteiger partial charge >= 0.3 is 0 Å². The molecule has 236 valence electrons. The lowest BCUT2D eigenvalue weighted by Gasteiger charge is -2.72. The minimum atomic E-state index is -0.784. The molecule has 0 aliphatic heterocycles. The summed E-state index contributed by atoms with van der Waals surface area (Å²) in [6, 6.07) is 9.96. The predicted octanol–water partition coefficient (Wildman–Crippen LogP) is 8.51. The Morgan fingerprint density at radius 1 is 0.932 bits per heavy atom. The van der Waals surface area contributed by atoms with E-state index in [9.17, 15) is 14.7 Å². The molecule has 0 unspecified atom stereocenters. The van der Waals surface area contributed by atoms with E-state index in [1.54, 1.807) is 6.20 Å². The molecule has 0 spiro atoms. The van der Waals surface area contributed by atoms with Crippen LogP contribution >= 0.6 is 0 Å². The number of nitrogens with zero attached hydrogens (tertiary/aromatic N) is 1. The first kappa shape index (κ1) is 30.1. The Kier molecular flexibility index (Phi) is 6.67. The Hall–Kier alpha value is -2.53. The van der Waals surface area contributed by atoms with Crippen molar-refractivity contribution in [3.63, 3.8) is 0 Å². The van der Waals surface area contributed by atoms with Crippen LogP contribution in [0.3, 0.4) is 0 Å². The van der Waals surface area contributed by atoms with E-state index in [0.29, 0.717) is 23.9 Å². The molecule has 2 N–H and O–H groups in total. The van der Waals surface area contributed by atoms with Crippen LogP contribution in [-0.2, 0) is 9.59 Å². The van der Waals surface area contributed by atoms with E-state index in [1.807, 2.05) is 30.3 Å². The van der Waals surface area contributed by atoms with E-state index in [0.717, 1.165) is 67.8 Å². The summed E-state index contributed by atoms with van der Waals surface area (Å²) in [6.07, 6.45) is 9.94. The number of pyridine rings is 1. The summed E-state index contributed by atoms with van der Waals surface area (Å²) in [5, 5.41) is 15.3. The molecule has 1 amide bonds. The van der Waals surface area contributed by atoms with Crippen LogP contribution < -0.4 is 5.32 Å². The number of hydrogen-bond acceptors (Lipinski definition) is 4.